The first-order chi connectivity index (χ1) is 16.1. The maximum atomic E-state index is 13.8. The van der Waals surface area contributed by atoms with Gasteiger partial charge in [0.05, 0.1) is 0 Å². The molecule has 33 heavy (non-hydrogen) atoms. The molecule has 0 bridgehead atoms. The average Bonchev–Trinajstić information content (AvgIpc) is 2.84. The Morgan fingerprint density at radius 2 is 1.61 bits per heavy atom. The molecule has 0 spiro atoms. The molecule has 0 fully saturated rings. The van der Waals surface area contributed by atoms with Crippen LogP contribution in [0.25, 0.3) is 11.1 Å². The lowest BCUT2D eigenvalue weighted by atomic mass is 10.00. The molecule has 1 heterocycles. The van der Waals surface area contributed by atoms with Crippen LogP contribution in [0.4, 0.5) is 8.78 Å². The Morgan fingerprint density at radius 3 is 2.33 bits per heavy atom. The number of aromatic nitrogens is 1. The number of benzene rings is 3. The van der Waals surface area contributed by atoms with E-state index in [1.165, 1.54) is 24.3 Å². The molecule has 4 rings (SSSR count). The molecule has 0 aliphatic rings. The van der Waals surface area contributed by atoms with Crippen molar-refractivity contribution in [1.82, 2.24) is 4.98 Å². The van der Waals surface area contributed by atoms with Gasteiger partial charge in [0.2, 0.25) is 0 Å². The quantitative estimate of drug-likeness (QED) is 0.303. The SMILES string of the molecule is O=C(CCc1cccnc1)Cc1ccc(OCc2ccc(F)cc2-c2ccc(F)cc2)cc1. The normalized spacial score (nSPS) is 10.7. The fourth-order valence-electron chi connectivity index (χ4n) is 3.58. The van der Waals surface area contributed by atoms with Crippen LogP contribution in [-0.4, -0.2) is 10.8 Å². The highest BCUT2D eigenvalue weighted by Gasteiger charge is 2.09. The summed E-state index contributed by atoms with van der Waals surface area (Å²) >= 11 is 0. The summed E-state index contributed by atoms with van der Waals surface area (Å²) in [6.07, 6.45) is 5.02. The van der Waals surface area contributed by atoms with E-state index in [1.807, 2.05) is 36.4 Å². The number of rotatable bonds is 9. The molecule has 0 saturated heterocycles. The van der Waals surface area contributed by atoms with Crippen molar-refractivity contribution in [3.8, 4) is 16.9 Å². The van der Waals surface area contributed by atoms with Crippen molar-refractivity contribution in [3.63, 3.8) is 0 Å². The zero-order valence-corrected chi connectivity index (χ0v) is 18.0. The Hall–Kier alpha value is -3.86. The van der Waals surface area contributed by atoms with Gasteiger partial charge in [0.25, 0.3) is 0 Å². The Bertz CT molecular complexity index is 1210. The van der Waals surface area contributed by atoms with Gasteiger partial charge in [-0.2, -0.15) is 0 Å². The Kier molecular flexibility index (Phi) is 7.20. The Labute approximate surface area is 191 Å². The van der Waals surface area contributed by atoms with Crippen LogP contribution >= 0.6 is 0 Å². The van der Waals surface area contributed by atoms with Crippen LogP contribution in [0.1, 0.15) is 23.1 Å². The van der Waals surface area contributed by atoms with Crippen molar-refractivity contribution in [2.75, 3.05) is 0 Å². The average molecular weight is 443 g/mol. The number of Topliss-reactive ketones (excluding diaryl/α,β-unsaturated/α-hetero) is 1. The van der Waals surface area contributed by atoms with Crippen LogP contribution < -0.4 is 4.74 Å². The van der Waals surface area contributed by atoms with Crippen LogP contribution in [0.3, 0.4) is 0 Å². The molecule has 3 aromatic carbocycles. The van der Waals surface area contributed by atoms with E-state index in [2.05, 4.69) is 4.98 Å². The summed E-state index contributed by atoms with van der Waals surface area (Å²) in [5, 5.41) is 0. The van der Waals surface area contributed by atoms with E-state index < -0.39 is 0 Å². The van der Waals surface area contributed by atoms with Gasteiger partial charge in [-0.25, -0.2) is 8.78 Å². The summed E-state index contributed by atoms with van der Waals surface area (Å²) in [4.78, 5) is 16.4. The highest BCUT2D eigenvalue weighted by atomic mass is 19.1. The molecule has 0 saturated carbocycles. The maximum absolute atomic E-state index is 13.8. The lowest BCUT2D eigenvalue weighted by Gasteiger charge is -2.12. The summed E-state index contributed by atoms with van der Waals surface area (Å²) < 4.78 is 33.0. The second kappa shape index (κ2) is 10.6. The summed E-state index contributed by atoms with van der Waals surface area (Å²) in [5.41, 5.74) is 4.14. The van der Waals surface area contributed by atoms with Gasteiger partial charge < -0.3 is 4.74 Å². The third-order valence-corrected chi connectivity index (χ3v) is 5.36. The third kappa shape index (κ3) is 6.32. The molecule has 5 heteroatoms. The zero-order chi connectivity index (χ0) is 23.0. The van der Waals surface area contributed by atoms with Gasteiger partial charge in [-0.15, -0.1) is 0 Å². The lowest BCUT2D eigenvalue weighted by Crippen LogP contribution is -2.04. The van der Waals surface area contributed by atoms with E-state index in [4.69, 9.17) is 4.74 Å². The van der Waals surface area contributed by atoms with E-state index >= 15 is 0 Å². The van der Waals surface area contributed by atoms with Crippen molar-refractivity contribution < 1.29 is 18.3 Å². The molecule has 0 unspecified atom stereocenters. The Morgan fingerprint density at radius 1 is 0.848 bits per heavy atom. The lowest BCUT2D eigenvalue weighted by molar-refractivity contribution is -0.118. The number of carbonyl (C=O) groups is 1. The van der Waals surface area contributed by atoms with Crippen LogP contribution in [0.15, 0.2) is 91.3 Å². The second-order valence-corrected chi connectivity index (χ2v) is 7.82. The van der Waals surface area contributed by atoms with E-state index in [0.29, 0.717) is 30.6 Å². The summed E-state index contributed by atoms with van der Waals surface area (Å²) in [5.74, 6) is 0.109. The predicted molar refractivity (Wildman–Crippen MR) is 124 cm³/mol. The molecule has 0 atom stereocenters. The van der Waals surface area contributed by atoms with Crippen molar-refractivity contribution >= 4 is 5.78 Å². The van der Waals surface area contributed by atoms with Gasteiger partial charge in [-0.1, -0.05) is 36.4 Å². The molecular formula is C28H23F2NO2. The number of nitrogens with zero attached hydrogens (tertiary/aromatic N) is 1. The van der Waals surface area contributed by atoms with Crippen molar-refractivity contribution in [3.05, 3.63) is 120 Å². The van der Waals surface area contributed by atoms with Crippen molar-refractivity contribution in [2.45, 2.75) is 25.9 Å². The first kappa shape index (κ1) is 22.3. The van der Waals surface area contributed by atoms with Gasteiger partial charge >= 0.3 is 0 Å². The van der Waals surface area contributed by atoms with Gasteiger partial charge in [-0.3, -0.25) is 9.78 Å². The Balaban J connectivity index is 1.35. The predicted octanol–water partition coefficient (Wildman–Crippen LogP) is 6.35. The van der Waals surface area contributed by atoms with Gasteiger partial charge in [0.15, 0.2) is 0 Å². The summed E-state index contributed by atoms with van der Waals surface area (Å²) in [7, 11) is 0. The minimum Gasteiger partial charge on any atom is -0.489 e. The number of halogens is 2. The monoisotopic (exact) mass is 443 g/mol. The van der Waals surface area contributed by atoms with Crippen LogP contribution in [-0.2, 0) is 24.2 Å². The number of aryl methyl sites for hydroxylation is 1. The minimum atomic E-state index is -0.365. The molecule has 0 radical (unpaired) electrons. The topological polar surface area (TPSA) is 39.2 Å². The van der Waals surface area contributed by atoms with E-state index in [-0.39, 0.29) is 24.0 Å². The van der Waals surface area contributed by atoms with Gasteiger partial charge in [-0.05, 0) is 76.7 Å². The number of carbonyl (C=O) groups excluding carboxylic acids is 1. The number of ether oxygens (including phenoxy) is 1. The fraction of sp³-hybridized carbons (Fsp3) is 0.143. The minimum absolute atomic E-state index is 0.169. The molecule has 166 valence electrons. The number of ketones is 1. The van der Waals surface area contributed by atoms with E-state index in [0.717, 1.165) is 22.3 Å². The second-order valence-electron chi connectivity index (χ2n) is 7.82. The van der Waals surface area contributed by atoms with E-state index in [1.54, 1.807) is 30.6 Å². The summed E-state index contributed by atoms with van der Waals surface area (Å²) in [6, 6.07) is 21.6. The van der Waals surface area contributed by atoms with Gasteiger partial charge in [0.1, 0.15) is 29.8 Å². The molecule has 0 amide bonds. The highest BCUT2D eigenvalue weighted by molar-refractivity contribution is 5.81. The molecule has 0 aliphatic heterocycles. The zero-order valence-electron chi connectivity index (χ0n) is 18.0. The first-order valence-corrected chi connectivity index (χ1v) is 10.7. The standard InChI is InChI=1S/C28H23F2NO2/c29-24-9-6-22(7-10-24)28-17-25(30)11-8-23(28)19-33-27-13-4-20(5-14-27)16-26(32)12-3-21-2-1-15-31-18-21/h1-2,4-11,13-15,17-18H,3,12,16,19H2. The van der Waals surface area contributed by atoms with E-state index in [9.17, 15) is 13.6 Å². The number of hydrogen-bond acceptors (Lipinski definition) is 3. The smallest absolute Gasteiger partial charge is 0.137 e. The number of hydrogen-bond donors (Lipinski definition) is 0. The maximum Gasteiger partial charge on any atom is 0.137 e. The molecule has 0 aliphatic carbocycles. The molecule has 1 aromatic heterocycles. The molecule has 0 N–H and O–H groups in total. The third-order valence-electron chi connectivity index (χ3n) is 5.36. The van der Waals surface area contributed by atoms with Crippen molar-refractivity contribution in [2.24, 2.45) is 0 Å². The van der Waals surface area contributed by atoms with Crippen LogP contribution in [0.2, 0.25) is 0 Å². The molecule has 3 nitrogen and oxygen atoms in total. The van der Waals surface area contributed by atoms with Crippen molar-refractivity contribution in [1.29, 1.82) is 0 Å². The van der Waals surface area contributed by atoms with Crippen LogP contribution in [0, 0.1) is 11.6 Å². The van der Waals surface area contributed by atoms with Crippen LogP contribution in [0.5, 0.6) is 5.75 Å². The molecular weight excluding hydrogens is 420 g/mol. The largest absolute Gasteiger partial charge is 0.489 e. The number of pyridine rings is 1. The summed E-state index contributed by atoms with van der Waals surface area (Å²) in [6.45, 7) is 0.233. The fourth-order valence-corrected chi connectivity index (χ4v) is 3.58. The van der Waals surface area contributed by atoms with Gasteiger partial charge in [0, 0.05) is 25.2 Å². The first-order valence-electron chi connectivity index (χ1n) is 10.7. The highest BCUT2D eigenvalue weighted by Crippen LogP contribution is 2.26. The molecule has 4 aromatic rings.